The summed E-state index contributed by atoms with van der Waals surface area (Å²) in [6, 6.07) is 30.1. The maximum absolute atomic E-state index is 14.0. The highest BCUT2D eigenvalue weighted by Gasteiger charge is 2.26. The zero-order valence-corrected chi connectivity index (χ0v) is 28.3. The Morgan fingerprint density at radius 1 is 0.878 bits per heavy atom. The third-order valence-corrected chi connectivity index (χ3v) is 10.5. The second-order valence-corrected chi connectivity index (χ2v) is 13.8. The number of nitrogens with one attached hydrogen (secondary N) is 2. The third-order valence-electron chi connectivity index (χ3n) is 8.59. The molecule has 1 aliphatic carbocycles. The van der Waals surface area contributed by atoms with Gasteiger partial charge in [0, 0.05) is 24.3 Å². The lowest BCUT2D eigenvalue weighted by Gasteiger charge is -2.23. The lowest BCUT2D eigenvalue weighted by Crippen LogP contribution is -2.30. The SMILES string of the molecule is CCN(c1ccccc1)S(=O)(=O)c1cccc(NC(=O)C(Cc2ccc(C(=O)NCCC(=O)O)cc2)c2ccc(C3=CCCCC3)cc2)c1. The number of para-hydroxylation sites is 1. The molecule has 0 radical (unpaired) electrons. The third kappa shape index (κ3) is 9.03. The Morgan fingerprint density at radius 3 is 2.27 bits per heavy atom. The summed E-state index contributed by atoms with van der Waals surface area (Å²) in [5, 5.41) is 14.4. The first-order valence-electron chi connectivity index (χ1n) is 16.5. The molecule has 9 nitrogen and oxygen atoms in total. The highest BCUT2D eigenvalue weighted by Crippen LogP contribution is 2.30. The predicted octanol–water partition coefficient (Wildman–Crippen LogP) is 7.03. The molecule has 4 aromatic rings. The fourth-order valence-corrected chi connectivity index (χ4v) is 7.50. The van der Waals surface area contributed by atoms with Crippen molar-refractivity contribution in [1.29, 1.82) is 0 Å². The molecule has 254 valence electrons. The van der Waals surface area contributed by atoms with Crippen LogP contribution in [0.15, 0.2) is 114 Å². The molecule has 2 amide bonds. The number of nitrogens with zero attached hydrogens (tertiary/aromatic N) is 1. The number of anilines is 2. The largest absolute Gasteiger partial charge is 0.481 e. The number of allylic oxidation sites excluding steroid dienone is 2. The molecule has 49 heavy (non-hydrogen) atoms. The molecule has 1 unspecified atom stereocenters. The maximum Gasteiger partial charge on any atom is 0.305 e. The van der Waals surface area contributed by atoms with Gasteiger partial charge in [-0.05, 0) is 104 Å². The van der Waals surface area contributed by atoms with Crippen LogP contribution in [0.3, 0.4) is 0 Å². The van der Waals surface area contributed by atoms with Crippen LogP contribution in [0, 0.1) is 0 Å². The summed E-state index contributed by atoms with van der Waals surface area (Å²) in [5.74, 6) is -2.29. The first-order chi connectivity index (χ1) is 23.7. The van der Waals surface area contributed by atoms with E-state index in [1.54, 1.807) is 67.6 Å². The van der Waals surface area contributed by atoms with Crippen molar-refractivity contribution in [3.8, 4) is 0 Å². The van der Waals surface area contributed by atoms with Crippen molar-refractivity contribution in [2.45, 2.75) is 56.3 Å². The highest BCUT2D eigenvalue weighted by atomic mass is 32.2. The maximum atomic E-state index is 14.0. The van der Waals surface area contributed by atoms with Gasteiger partial charge in [0.2, 0.25) is 5.91 Å². The molecule has 5 rings (SSSR count). The Bertz CT molecular complexity index is 1910. The van der Waals surface area contributed by atoms with E-state index in [4.69, 9.17) is 5.11 Å². The van der Waals surface area contributed by atoms with Crippen molar-refractivity contribution < 1.29 is 27.9 Å². The summed E-state index contributed by atoms with van der Waals surface area (Å²) >= 11 is 0. The molecule has 0 fully saturated rings. The average molecular weight is 680 g/mol. The van der Waals surface area contributed by atoms with Crippen molar-refractivity contribution in [1.82, 2.24) is 5.32 Å². The van der Waals surface area contributed by atoms with Crippen LogP contribution in [0.1, 0.15) is 72.0 Å². The van der Waals surface area contributed by atoms with Crippen molar-refractivity contribution in [3.05, 3.63) is 131 Å². The van der Waals surface area contributed by atoms with E-state index in [-0.39, 0.29) is 36.2 Å². The second kappa shape index (κ2) is 16.3. The van der Waals surface area contributed by atoms with E-state index in [1.807, 2.05) is 30.3 Å². The predicted molar refractivity (Wildman–Crippen MR) is 192 cm³/mol. The molecular weight excluding hydrogens is 639 g/mol. The number of carboxylic acid groups (broad SMARTS) is 1. The number of carboxylic acids is 1. The molecule has 1 aliphatic rings. The van der Waals surface area contributed by atoms with Crippen LogP contribution in [-0.2, 0) is 26.0 Å². The molecule has 0 saturated heterocycles. The molecule has 0 aliphatic heterocycles. The summed E-state index contributed by atoms with van der Waals surface area (Å²) in [6.07, 6.45) is 6.87. The lowest BCUT2D eigenvalue weighted by atomic mass is 9.88. The first-order valence-corrected chi connectivity index (χ1v) is 18.0. The number of hydrogen-bond donors (Lipinski definition) is 3. The number of benzene rings is 4. The Kier molecular flexibility index (Phi) is 11.6. The van der Waals surface area contributed by atoms with Gasteiger partial charge in [0.25, 0.3) is 15.9 Å². The minimum atomic E-state index is -3.91. The van der Waals surface area contributed by atoms with E-state index in [0.29, 0.717) is 23.4 Å². The zero-order chi connectivity index (χ0) is 34.8. The molecule has 0 heterocycles. The van der Waals surface area contributed by atoms with Gasteiger partial charge in [0.05, 0.1) is 22.9 Å². The minimum absolute atomic E-state index is 0.0241. The topological polar surface area (TPSA) is 133 Å². The summed E-state index contributed by atoms with van der Waals surface area (Å²) in [5.41, 5.74) is 5.36. The smallest absolute Gasteiger partial charge is 0.305 e. The Labute approximate surface area is 287 Å². The van der Waals surface area contributed by atoms with Crippen LogP contribution < -0.4 is 14.9 Å². The minimum Gasteiger partial charge on any atom is -0.481 e. The van der Waals surface area contributed by atoms with Crippen LogP contribution >= 0.6 is 0 Å². The molecule has 0 bridgehead atoms. The summed E-state index contributed by atoms with van der Waals surface area (Å²) in [7, 11) is -3.91. The van der Waals surface area contributed by atoms with Gasteiger partial charge in [-0.3, -0.25) is 18.7 Å². The number of amides is 2. The van der Waals surface area contributed by atoms with Gasteiger partial charge < -0.3 is 15.7 Å². The van der Waals surface area contributed by atoms with Gasteiger partial charge in [-0.2, -0.15) is 0 Å². The van der Waals surface area contributed by atoms with E-state index >= 15 is 0 Å². The van der Waals surface area contributed by atoms with Crippen LogP contribution in [-0.4, -0.2) is 44.4 Å². The van der Waals surface area contributed by atoms with Gasteiger partial charge in [0.15, 0.2) is 0 Å². The van der Waals surface area contributed by atoms with Gasteiger partial charge in [-0.15, -0.1) is 0 Å². The molecule has 0 spiro atoms. The number of aliphatic carboxylic acids is 1. The highest BCUT2D eigenvalue weighted by molar-refractivity contribution is 7.92. The monoisotopic (exact) mass is 679 g/mol. The number of sulfonamides is 1. The number of carbonyl (C=O) groups excluding carboxylic acids is 2. The fraction of sp³-hybridized carbons (Fsp3) is 0.256. The van der Waals surface area contributed by atoms with E-state index in [9.17, 15) is 22.8 Å². The quantitative estimate of drug-likeness (QED) is 0.131. The molecular formula is C39H41N3O6S. The molecule has 1 atom stereocenters. The zero-order valence-electron chi connectivity index (χ0n) is 27.5. The van der Waals surface area contributed by atoms with Gasteiger partial charge in [-0.1, -0.05) is 66.7 Å². The van der Waals surface area contributed by atoms with Crippen LogP contribution in [0.5, 0.6) is 0 Å². The summed E-state index contributed by atoms with van der Waals surface area (Å²) < 4.78 is 28.7. The normalized spacial score (nSPS) is 13.5. The van der Waals surface area contributed by atoms with Crippen LogP contribution in [0.4, 0.5) is 11.4 Å². The first kappa shape index (κ1) is 35.1. The van der Waals surface area contributed by atoms with E-state index in [1.165, 1.54) is 28.4 Å². The standard InChI is InChI=1S/C39H41N3O6S/c1-2-42(34-13-7-4-8-14-34)49(47,48)35-15-9-12-33(27-35)41-39(46)36(31-22-20-30(21-23-31)29-10-5-3-6-11-29)26-28-16-18-32(19-17-28)38(45)40-25-24-37(43)44/h4,7-10,12-23,27,36H,2-3,5-6,11,24-26H2,1H3,(H,40,45)(H,41,46)(H,43,44). The van der Waals surface area contributed by atoms with Crippen LogP contribution in [0.25, 0.3) is 5.57 Å². The Morgan fingerprint density at radius 2 is 1.61 bits per heavy atom. The molecule has 0 aromatic heterocycles. The summed E-state index contributed by atoms with van der Waals surface area (Å²) in [4.78, 5) is 37.4. The number of carbonyl (C=O) groups is 3. The van der Waals surface area contributed by atoms with E-state index in [2.05, 4.69) is 16.7 Å². The van der Waals surface area contributed by atoms with Crippen molar-refractivity contribution in [2.24, 2.45) is 0 Å². The van der Waals surface area contributed by atoms with Crippen molar-refractivity contribution in [3.63, 3.8) is 0 Å². The van der Waals surface area contributed by atoms with E-state index in [0.717, 1.165) is 36.0 Å². The average Bonchev–Trinajstić information content (AvgIpc) is 3.12. The lowest BCUT2D eigenvalue weighted by molar-refractivity contribution is -0.136. The summed E-state index contributed by atoms with van der Waals surface area (Å²) in [6.45, 7) is 2.03. The van der Waals surface area contributed by atoms with Crippen molar-refractivity contribution in [2.75, 3.05) is 22.7 Å². The Balaban J connectivity index is 1.39. The number of hydrogen-bond acceptors (Lipinski definition) is 5. The fourth-order valence-electron chi connectivity index (χ4n) is 5.98. The molecule has 4 aromatic carbocycles. The number of rotatable bonds is 14. The molecule has 10 heteroatoms. The van der Waals surface area contributed by atoms with Crippen molar-refractivity contribution >= 4 is 44.8 Å². The van der Waals surface area contributed by atoms with Gasteiger partial charge in [-0.25, -0.2) is 8.42 Å². The molecule has 3 N–H and O–H groups in total. The van der Waals surface area contributed by atoms with E-state index < -0.39 is 21.9 Å². The van der Waals surface area contributed by atoms with Crippen LogP contribution in [0.2, 0.25) is 0 Å². The van der Waals surface area contributed by atoms with Gasteiger partial charge >= 0.3 is 5.97 Å². The Hall–Kier alpha value is -5.22. The molecule has 0 saturated carbocycles. The second-order valence-electron chi connectivity index (χ2n) is 12.0. The van der Waals surface area contributed by atoms with Gasteiger partial charge in [0.1, 0.15) is 0 Å².